The van der Waals surface area contributed by atoms with E-state index in [0.29, 0.717) is 16.0 Å². The molecular weight excluding hydrogens is 363 g/mol. The van der Waals surface area contributed by atoms with E-state index in [1.807, 2.05) is 34.7 Å². The zero-order valence-corrected chi connectivity index (χ0v) is 12.4. The Bertz CT molecular complexity index is 668. The van der Waals surface area contributed by atoms with Crippen LogP contribution < -0.4 is 5.56 Å². The van der Waals surface area contributed by atoms with Crippen LogP contribution in [-0.4, -0.2) is 9.55 Å². The fourth-order valence-electron chi connectivity index (χ4n) is 2.34. The van der Waals surface area contributed by atoms with Gasteiger partial charge in [-0.3, -0.25) is 9.36 Å². The monoisotopic (exact) mass is 372 g/mol. The topological polar surface area (TPSA) is 34.9 Å². The summed E-state index contributed by atoms with van der Waals surface area (Å²) in [6.45, 7) is 0.677. The van der Waals surface area contributed by atoms with Crippen molar-refractivity contribution in [3.63, 3.8) is 0 Å². The number of benzene rings is 1. The van der Waals surface area contributed by atoms with Crippen LogP contribution in [0.2, 0.25) is 5.15 Å². The molecule has 0 radical (unpaired) electrons. The maximum absolute atomic E-state index is 12.0. The van der Waals surface area contributed by atoms with Crippen LogP contribution in [0.25, 0.3) is 0 Å². The van der Waals surface area contributed by atoms with Crippen molar-refractivity contribution in [3.8, 4) is 0 Å². The molecule has 0 aliphatic heterocycles. The van der Waals surface area contributed by atoms with Gasteiger partial charge in [-0.2, -0.15) is 0 Å². The average molecular weight is 373 g/mol. The third-order valence-electron chi connectivity index (χ3n) is 3.32. The molecule has 1 unspecified atom stereocenters. The highest BCUT2D eigenvalue weighted by molar-refractivity contribution is 14.1. The molecule has 1 aliphatic rings. The highest BCUT2D eigenvalue weighted by Gasteiger charge is 2.26. The van der Waals surface area contributed by atoms with Crippen molar-refractivity contribution >= 4 is 34.2 Å². The molecule has 3 nitrogen and oxygen atoms in total. The highest BCUT2D eigenvalue weighted by atomic mass is 127. The van der Waals surface area contributed by atoms with Crippen LogP contribution >= 0.6 is 34.2 Å². The van der Waals surface area contributed by atoms with Crippen LogP contribution in [0.5, 0.6) is 0 Å². The number of halogens is 2. The molecule has 3 rings (SSSR count). The zero-order valence-electron chi connectivity index (χ0n) is 9.44. The Hall–Kier alpha value is -0.880. The van der Waals surface area contributed by atoms with E-state index in [1.165, 1.54) is 17.5 Å². The van der Waals surface area contributed by atoms with Crippen LogP contribution in [0, 0.1) is 3.57 Å². The summed E-state index contributed by atoms with van der Waals surface area (Å²) in [5, 5.41) is 0.283. The smallest absolute Gasteiger partial charge is 0.268 e. The number of hydrogen-bond donors (Lipinski definition) is 0. The number of nitrogens with zero attached hydrogens (tertiary/aromatic N) is 2. The van der Waals surface area contributed by atoms with Gasteiger partial charge in [0.2, 0.25) is 0 Å². The summed E-state index contributed by atoms with van der Waals surface area (Å²) in [4.78, 5) is 16.0. The summed E-state index contributed by atoms with van der Waals surface area (Å²) in [6.07, 6.45) is 2.57. The number of hydrogen-bond acceptors (Lipinski definition) is 2. The summed E-state index contributed by atoms with van der Waals surface area (Å²) in [7, 11) is 0. The van der Waals surface area contributed by atoms with Crippen molar-refractivity contribution in [3.05, 3.63) is 60.8 Å². The minimum atomic E-state index is -0.0556. The number of rotatable bonds is 2. The maximum atomic E-state index is 12.0. The lowest BCUT2D eigenvalue weighted by Crippen LogP contribution is -2.30. The van der Waals surface area contributed by atoms with Crippen LogP contribution in [0.15, 0.2) is 35.4 Å². The van der Waals surface area contributed by atoms with Gasteiger partial charge in [-0.25, -0.2) is 4.98 Å². The van der Waals surface area contributed by atoms with Crippen LogP contribution in [0.3, 0.4) is 0 Å². The molecule has 18 heavy (non-hydrogen) atoms. The second-order valence-electron chi connectivity index (χ2n) is 4.41. The van der Waals surface area contributed by atoms with Crippen molar-refractivity contribution in [2.24, 2.45) is 0 Å². The molecule has 1 aromatic heterocycles. The van der Waals surface area contributed by atoms with Gasteiger partial charge in [0.15, 0.2) is 0 Å². The average Bonchev–Trinajstić information content (AvgIpc) is 2.35. The zero-order chi connectivity index (χ0) is 12.7. The van der Waals surface area contributed by atoms with Gasteiger partial charge in [-0.15, -0.1) is 0 Å². The van der Waals surface area contributed by atoms with E-state index in [-0.39, 0.29) is 10.7 Å². The van der Waals surface area contributed by atoms with Gasteiger partial charge in [0, 0.05) is 12.5 Å². The van der Waals surface area contributed by atoms with Crippen molar-refractivity contribution in [2.45, 2.75) is 18.9 Å². The molecule has 92 valence electrons. The first-order valence-corrected chi connectivity index (χ1v) is 7.10. The van der Waals surface area contributed by atoms with Gasteiger partial charge in [-0.05, 0) is 40.1 Å². The Morgan fingerprint density at radius 3 is 3.00 bits per heavy atom. The van der Waals surface area contributed by atoms with E-state index in [9.17, 15) is 4.79 Å². The molecule has 1 aliphatic carbocycles. The van der Waals surface area contributed by atoms with Gasteiger partial charge >= 0.3 is 0 Å². The molecule has 0 fully saturated rings. The SMILES string of the molecule is O=c1c(I)c(Cl)ncn1CC1Cc2ccccc21. The van der Waals surface area contributed by atoms with E-state index in [0.717, 1.165) is 6.42 Å². The Kier molecular flexibility index (Phi) is 3.15. The summed E-state index contributed by atoms with van der Waals surface area (Å²) >= 11 is 7.76. The third kappa shape index (κ3) is 1.97. The lowest BCUT2D eigenvalue weighted by Gasteiger charge is -2.30. The number of aromatic nitrogens is 2. The van der Waals surface area contributed by atoms with Crippen molar-refractivity contribution < 1.29 is 0 Å². The van der Waals surface area contributed by atoms with Crippen molar-refractivity contribution in [1.82, 2.24) is 9.55 Å². The maximum Gasteiger partial charge on any atom is 0.268 e. The van der Waals surface area contributed by atoms with Crippen molar-refractivity contribution in [2.75, 3.05) is 0 Å². The Morgan fingerprint density at radius 1 is 1.44 bits per heavy atom. The quantitative estimate of drug-likeness (QED) is 0.600. The standard InChI is InChI=1S/C13H10ClIN2O/c14-12-11(15)13(18)17(7-16-12)6-9-5-8-3-1-2-4-10(8)9/h1-4,7,9H,5-6H2. The Morgan fingerprint density at radius 2 is 2.22 bits per heavy atom. The molecule has 0 bridgehead atoms. The summed E-state index contributed by atoms with van der Waals surface area (Å²) in [6, 6.07) is 8.35. The van der Waals surface area contributed by atoms with Crippen LogP contribution in [0.4, 0.5) is 0 Å². The van der Waals surface area contributed by atoms with Crippen LogP contribution in [-0.2, 0) is 13.0 Å². The summed E-state index contributed by atoms with van der Waals surface area (Å²) < 4.78 is 2.14. The summed E-state index contributed by atoms with van der Waals surface area (Å²) in [5.41, 5.74) is 2.67. The fraction of sp³-hybridized carbons (Fsp3) is 0.231. The molecule has 1 heterocycles. The molecule has 0 N–H and O–H groups in total. The molecule has 5 heteroatoms. The first-order chi connectivity index (χ1) is 8.66. The second-order valence-corrected chi connectivity index (χ2v) is 5.84. The van der Waals surface area contributed by atoms with Crippen LogP contribution in [0.1, 0.15) is 17.0 Å². The fourth-order valence-corrected chi connectivity index (χ4v) is 2.91. The van der Waals surface area contributed by atoms with Crippen molar-refractivity contribution in [1.29, 1.82) is 0 Å². The Labute approximate surface area is 123 Å². The molecule has 2 aromatic rings. The van der Waals surface area contributed by atoms with Gasteiger partial charge < -0.3 is 0 Å². The largest absolute Gasteiger partial charge is 0.298 e. The van der Waals surface area contributed by atoms with Gasteiger partial charge in [-0.1, -0.05) is 35.9 Å². The first kappa shape index (κ1) is 12.2. The lowest BCUT2D eigenvalue weighted by molar-refractivity contribution is 0.493. The molecule has 0 amide bonds. The second kappa shape index (κ2) is 4.66. The minimum Gasteiger partial charge on any atom is -0.298 e. The first-order valence-electron chi connectivity index (χ1n) is 5.65. The highest BCUT2D eigenvalue weighted by Crippen LogP contribution is 2.35. The third-order valence-corrected chi connectivity index (χ3v) is 4.90. The molecule has 0 spiro atoms. The number of fused-ring (bicyclic) bond motifs is 1. The van der Waals surface area contributed by atoms with E-state index < -0.39 is 0 Å². The molecule has 0 saturated heterocycles. The van der Waals surface area contributed by atoms with E-state index in [4.69, 9.17) is 11.6 Å². The lowest BCUT2D eigenvalue weighted by atomic mass is 9.77. The predicted octanol–water partition coefficient (Wildman–Crippen LogP) is 2.84. The molecular formula is C13H10ClIN2O. The van der Waals surface area contributed by atoms with E-state index >= 15 is 0 Å². The predicted molar refractivity (Wildman–Crippen MR) is 79.1 cm³/mol. The summed E-state index contributed by atoms with van der Waals surface area (Å²) in [5.74, 6) is 0.415. The normalized spacial score (nSPS) is 17.1. The molecule has 0 saturated carbocycles. The van der Waals surface area contributed by atoms with E-state index in [1.54, 1.807) is 4.57 Å². The molecule has 1 aromatic carbocycles. The Balaban J connectivity index is 1.88. The van der Waals surface area contributed by atoms with Gasteiger partial charge in [0.25, 0.3) is 5.56 Å². The van der Waals surface area contributed by atoms with E-state index in [2.05, 4.69) is 17.1 Å². The molecule has 1 atom stereocenters. The minimum absolute atomic E-state index is 0.0556. The van der Waals surface area contributed by atoms with Gasteiger partial charge in [0.05, 0.1) is 6.33 Å². The van der Waals surface area contributed by atoms with Gasteiger partial charge in [0.1, 0.15) is 8.72 Å².